The first kappa shape index (κ1) is 25.0. The molecule has 2 aromatic carbocycles. The number of fused-ring (bicyclic) bond motifs is 1. The zero-order chi connectivity index (χ0) is 25.5. The number of ether oxygens (including phenoxy) is 1. The number of hydrogen-bond acceptors (Lipinski definition) is 2. The molecule has 0 N–H and O–H groups in total. The fraction of sp³-hybridized carbons (Fsp3) is 0.320. The van der Waals surface area contributed by atoms with E-state index in [0.717, 1.165) is 0 Å². The molecule has 35 heavy (non-hydrogen) atoms. The standard InChI is InChI=1S/C25H20F7NO2/c1-14(16-11-17(24(27,28)29)13-18(12-16)25(30,31)32)35-22-9-8-21-20(3-2-10-33(21)34)23(22)15-4-6-19(26)7-5-15/h2-7,10-14,22-23H,8-9H2,1H3/t14-,22+,23+/m1/s1. The van der Waals surface area contributed by atoms with Crippen LogP contribution in [-0.2, 0) is 23.5 Å². The van der Waals surface area contributed by atoms with E-state index in [1.54, 1.807) is 6.07 Å². The van der Waals surface area contributed by atoms with Gasteiger partial charge in [-0.25, -0.2) is 4.39 Å². The highest BCUT2D eigenvalue weighted by Crippen LogP contribution is 2.42. The van der Waals surface area contributed by atoms with Crippen molar-refractivity contribution in [1.82, 2.24) is 0 Å². The summed E-state index contributed by atoms with van der Waals surface area (Å²) in [6, 6.07) is 10.1. The van der Waals surface area contributed by atoms with Gasteiger partial charge in [0.25, 0.3) is 0 Å². The first-order valence-corrected chi connectivity index (χ1v) is 10.8. The minimum absolute atomic E-state index is 0.0708. The molecule has 10 heteroatoms. The number of aromatic nitrogens is 1. The van der Waals surface area contributed by atoms with Gasteiger partial charge in [-0.15, -0.1) is 0 Å². The first-order chi connectivity index (χ1) is 16.3. The van der Waals surface area contributed by atoms with Crippen molar-refractivity contribution in [1.29, 1.82) is 0 Å². The van der Waals surface area contributed by atoms with Gasteiger partial charge in [0, 0.05) is 24.0 Å². The molecule has 3 aromatic rings. The van der Waals surface area contributed by atoms with Gasteiger partial charge in [0.05, 0.1) is 23.3 Å². The normalized spacial score (nSPS) is 19.3. The van der Waals surface area contributed by atoms with Crippen LogP contribution in [0.15, 0.2) is 60.8 Å². The lowest BCUT2D eigenvalue weighted by molar-refractivity contribution is -0.615. The summed E-state index contributed by atoms with van der Waals surface area (Å²) in [5, 5.41) is 12.3. The molecule has 0 radical (unpaired) electrons. The molecule has 0 saturated carbocycles. The van der Waals surface area contributed by atoms with Crippen LogP contribution in [0.4, 0.5) is 30.7 Å². The van der Waals surface area contributed by atoms with Crippen molar-refractivity contribution in [2.75, 3.05) is 0 Å². The van der Waals surface area contributed by atoms with Crippen LogP contribution in [0.3, 0.4) is 0 Å². The molecule has 0 fully saturated rings. The van der Waals surface area contributed by atoms with Crippen molar-refractivity contribution in [3.05, 3.63) is 105 Å². The summed E-state index contributed by atoms with van der Waals surface area (Å²) >= 11 is 0. The summed E-state index contributed by atoms with van der Waals surface area (Å²) in [7, 11) is 0. The molecule has 0 spiro atoms. The second kappa shape index (κ2) is 9.14. The predicted molar refractivity (Wildman–Crippen MR) is 112 cm³/mol. The number of halogens is 7. The zero-order valence-electron chi connectivity index (χ0n) is 18.3. The number of alkyl halides is 6. The SMILES string of the molecule is C[C@@H](O[C@H]1CCc2c(ccc[n+]2[O-])[C@@H]1c1ccc(F)cc1)c1cc(C(F)(F)F)cc(C(F)(F)F)c1. The number of rotatable bonds is 4. The Balaban J connectivity index is 1.72. The van der Waals surface area contributed by atoms with Crippen LogP contribution >= 0.6 is 0 Å². The lowest BCUT2D eigenvalue weighted by Crippen LogP contribution is -2.39. The lowest BCUT2D eigenvalue weighted by Gasteiger charge is -2.34. The summed E-state index contributed by atoms with van der Waals surface area (Å²) < 4.78 is 100. The second-order valence-corrected chi connectivity index (χ2v) is 8.46. The zero-order valence-corrected chi connectivity index (χ0v) is 18.3. The van der Waals surface area contributed by atoms with Crippen molar-refractivity contribution >= 4 is 0 Å². The summed E-state index contributed by atoms with van der Waals surface area (Å²) in [5.41, 5.74) is -1.42. The molecule has 1 aromatic heterocycles. The molecule has 186 valence electrons. The highest BCUT2D eigenvalue weighted by atomic mass is 19.4. The van der Waals surface area contributed by atoms with E-state index in [1.807, 2.05) is 0 Å². The van der Waals surface area contributed by atoms with Crippen molar-refractivity contribution in [2.45, 2.75) is 50.2 Å². The summed E-state index contributed by atoms with van der Waals surface area (Å²) in [6.07, 6.45) is -9.84. The lowest BCUT2D eigenvalue weighted by atomic mass is 9.78. The Kier molecular flexibility index (Phi) is 6.52. The van der Waals surface area contributed by atoms with E-state index in [4.69, 9.17) is 4.74 Å². The summed E-state index contributed by atoms with van der Waals surface area (Å²) in [6.45, 7) is 1.38. The first-order valence-electron chi connectivity index (χ1n) is 10.8. The van der Waals surface area contributed by atoms with Gasteiger partial charge in [0.1, 0.15) is 5.82 Å². The van der Waals surface area contributed by atoms with Crippen molar-refractivity contribution in [3.63, 3.8) is 0 Å². The summed E-state index contributed by atoms with van der Waals surface area (Å²) in [5.74, 6) is -1.05. The van der Waals surface area contributed by atoms with Crippen LogP contribution in [0.25, 0.3) is 0 Å². The topological polar surface area (TPSA) is 36.2 Å². The van der Waals surface area contributed by atoms with Gasteiger partial charge in [0.15, 0.2) is 11.9 Å². The Morgan fingerprint density at radius 3 is 2.11 bits per heavy atom. The summed E-state index contributed by atoms with van der Waals surface area (Å²) in [4.78, 5) is 0. The Labute approximate surface area is 196 Å². The van der Waals surface area contributed by atoms with Gasteiger partial charge in [-0.05, 0) is 60.9 Å². The van der Waals surface area contributed by atoms with Gasteiger partial charge < -0.3 is 9.94 Å². The Morgan fingerprint density at radius 2 is 1.54 bits per heavy atom. The molecule has 0 bridgehead atoms. The fourth-order valence-electron chi connectivity index (χ4n) is 4.49. The molecule has 0 unspecified atom stereocenters. The Bertz CT molecular complexity index is 1170. The highest BCUT2D eigenvalue weighted by molar-refractivity contribution is 5.38. The van der Waals surface area contributed by atoms with E-state index in [-0.39, 0.29) is 18.1 Å². The largest absolute Gasteiger partial charge is 0.618 e. The third-order valence-electron chi connectivity index (χ3n) is 6.16. The van der Waals surface area contributed by atoms with E-state index in [1.165, 1.54) is 43.5 Å². The van der Waals surface area contributed by atoms with Gasteiger partial charge in [0.2, 0.25) is 0 Å². The van der Waals surface area contributed by atoms with Crippen LogP contribution in [0.2, 0.25) is 0 Å². The maximum absolute atomic E-state index is 13.5. The van der Waals surface area contributed by atoms with Crippen molar-refractivity contribution in [3.8, 4) is 0 Å². The molecular formula is C25H20F7NO2. The molecule has 3 nitrogen and oxygen atoms in total. The molecule has 1 aliphatic rings. The third kappa shape index (κ3) is 5.27. The van der Waals surface area contributed by atoms with E-state index in [9.17, 15) is 35.9 Å². The average Bonchev–Trinajstić information content (AvgIpc) is 2.78. The quantitative estimate of drug-likeness (QED) is 0.227. The molecule has 0 saturated heterocycles. The van der Waals surface area contributed by atoms with Crippen LogP contribution in [0, 0.1) is 11.0 Å². The van der Waals surface area contributed by atoms with Gasteiger partial charge in [-0.3, -0.25) is 0 Å². The van der Waals surface area contributed by atoms with Gasteiger partial charge >= 0.3 is 12.4 Å². The van der Waals surface area contributed by atoms with E-state index in [2.05, 4.69) is 0 Å². The maximum Gasteiger partial charge on any atom is 0.416 e. The van der Waals surface area contributed by atoms with E-state index >= 15 is 0 Å². The number of pyridine rings is 1. The van der Waals surface area contributed by atoms with Crippen LogP contribution in [-0.4, -0.2) is 6.10 Å². The number of hydrogen-bond donors (Lipinski definition) is 0. The van der Waals surface area contributed by atoms with Crippen molar-refractivity contribution < 1.29 is 40.2 Å². The number of benzene rings is 2. The minimum atomic E-state index is -4.97. The minimum Gasteiger partial charge on any atom is -0.618 e. The van der Waals surface area contributed by atoms with Gasteiger partial charge in [-0.2, -0.15) is 31.1 Å². The smallest absolute Gasteiger partial charge is 0.416 e. The fourth-order valence-corrected chi connectivity index (χ4v) is 4.49. The Morgan fingerprint density at radius 1 is 0.943 bits per heavy atom. The predicted octanol–water partition coefficient (Wildman–Crippen LogP) is 6.72. The van der Waals surface area contributed by atoms with Gasteiger partial charge in [-0.1, -0.05) is 12.1 Å². The maximum atomic E-state index is 13.5. The monoisotopic (exact) mass is 499 g/mol. The van der Waals surface area contributed by atoms with E-state index < -0.39 is 47.4 Å². The molecule has 3 atom stereocenters. The molecule has 1 aliphatic carbocycles. The van der Waals surface area contributed by atoms with Crippen LogP contribution in [0.5, 0.6) is 0 Å². The van der Waals surface area contributed by atoms with Crippen molar-refractivity contribution in [2.24, 2.45) is 0 Å². The highest BCUT2D eigenvalue weighted by Gasteiger charge is 2.39. The molecule has 4 rings (SSSR count). The number of nitrogens with zero attached hydrogens (tertiary/aromatic N) is 1. The van der Waals surface area contributed by atoms with Crippen LogP contribution in [0.1, 0.15) is 58.9 Å². The Hall–Kier alpha value is -3.14. The second-order valence-electron chi connectivity index (χ2n) is 8.46. The molecule has 0 aliphatic heterocycles. The average molecular weight is 499 g/mol. The van der Waals surface area contributed by atoms with Crippen LogP contribution < -0.4 is 4.73 Å². The molecule has 1 heterocycles. The third-order valence-corrected chi connectivity index (χ3v) is 6.16. The molecule has 0 amide bonds. The molecular weight excluding hydrogens is 479 g/mol. The van der Waals surface area contributed by atoms with E-state index in [0.29, 0.717) is 40.1 Å².